The molecule has 94 valence electrons. The minimum absolute atomic E-state index is 0.343. The average Bonchev–Trinajstić information content (AvgIpc) is 2.19. The second-order valence-corrected chi connectivity index (χ2v) is 13.1. The Balaban J connectivity index is 2.02. The Labute approximate surface area is 103 Å². The fourth-order valence-corrected chi connectivity index (χ4v) is 11.5. The normalized spacial score (nSPS) is 37.5. The van der Waals surface area contributed by atoms with E-state index >= 15 is 0 Å². The van der Waals surface area contributed by atoms with Gasteiger partial charge in [0.15, 0.2) is 0 Å². The predicted octanol–water partition coefficient (Wildman–Crippen LogP) is -0.119. The first-order chi connectivity index (χ1) is 7.74. The fraction of sp³-hybridized carbons (Fsp3) is 1.00. The second-order valence-electron chi connectivity index (χ2n) is 4.05. The zero-order valence-corrected chi connectivity index (χ0v) is 12.6. The molecule has 0 aliphatic carbocycles. The van der Waals surface area contributed by atoms with Gasteiger partial charge in [-0.3, -0.25) is 0 Å². The van der Waals surface area contributed by atoms with Crippen LogP contribution in [0.25, 0.3) is 0 Å². The van der Waals surface area contributed by atoms with Crippen LogP contribution >= 0.6 is 10.1 Å². The third kappa shape index (κ3) is 3.35. The number of nitrogens with zero attached hydrogens (tertiary/aromatic N) is 1. The molecule has 1 atom stereocenters. The summed E-state index contributed by atoms with van der Waals surface area (Å²) in [5, 5.41) is 0.343. The average molecular weight is 309 g/mol. The van der Waals surface area contributed by atoms with Gasteiger partial charge in [-0.25, -0.2) is 0 Å². The van der Waals surface area contributed by atoms with Crippen LogP contribution in [-0.2, 0) is 11.3 Å². The van der Waals surface area contributed by atoms with Gasteiger partial charge in [0.1, 0.15) is 0 Å². The van der Waals surface area contributed by atoms with Crippen molar-refractivity contribution in [1.82, 2.24) is 4.90 Å². The topological polar surface area (TPSA) is 57.0 Å². The molecule has 5 nitrogen and oxygen atoms in total. The van der Waals surface area contributed by atoms with Gasteiger partial charge < -0.3 is 0 Å². The molecule has 3 fully saturated rings. The van der Waals surface area contributed by atoms with E-state index in [-0.39, 0.29) is 0 Å². The number of nitrogens with two attached hydrogens (primary N) is 1. The maximum absolute atomic E-state index is 5.92. The molecule has 16 heavy (non-hydrogen) atoms. The second kappa shape index (κ2) is 6.04. The molecule has 0 aromatic carbocycles. The first kappa shape index (κ1) is 13.1. The Bertz CT molecular complexity index is 208. The van der Waals surface area contributed by atoms with Crippen molar-refractivity contribution >= 4 is 23.2 Å². The monoisotopic (exact) mass is 310 g/mol. The summed E-state index contributed by atoms with van der Waals surface area (Å²) >= 11 is -3.05. The molecule has 0 radical (unpaired) electrons. The Kier molecular flexibility index (Phi) is 4.95. The van der Waals surface area contributed by atoms with Gasteiger partial charge in [-0.05, 0) is 0 Å². The van der Waals surface area contributed by atoms with Crippen LogP contribution in [0.5, 0.6) is 0 Å². The zero-order valence-electron chi connectivity index (χ0n) is 9.68. The summed E-state index contributed by atoms with van der Waals surface area (Å²) in [7, 11) is 1.72. The molecule has 0 spiro atoms. The van der Waals surface area contributed by atoms with Crippen molar-refractivity contribution in [2.75, 3.05) is 46.0 Å². The van der Waals surface area contributed by atoms with Crippen LogP contribution < -0.4 is 5.73 Å². The molecule has 3 rings (SSSR count). The van der Waals surface area contributed by atoms with Gasteiger partial charge in [0, 0.05) is 0 Å². The summed E-state index contributed by atoms with van der Waals surface area (Å²) in [6, 6.07) is 0. The first-order valence-electron chi connectivity index (χ1n) is 5.76. The van der Waals surface area contributed by atoms with Gasteiger partial charge in [-0.2, -0.15) is 0 Å². The van der Waals surface area contributed by atoms with Crippen molar-refractivity contribution in [3.63, 3.8) is 0 Å². The molecule has 0 amide bonds. The molecule has 3 heterocycles. The zero-order chi connectivity index (χ0) is 11.4. The van der Waals surface area contributed by atoms with Crippen LogP contribution in [0.4, 0.5) is 0 Å². The van der Waals surface area contributed by atoms with Crippen molar-refractivity contribution in [2.24, 2.45) is 5.73 Å². The number of rotatable bonds is 3. The Morgan fingerprint density at radius 3 is 2.12 bits per heavy atom. The van der Waals surface area contributed by atoms with Gasteiger partial charge in [0.05, 0.1) is 0 Å². The summed E-state index contributed by atoms with van der Waals surface area (Å²) in [4.78, 5) is 2.32. The molecule has 2 bridgehead atoms. The van der Waals surface area contributed by atoms with Crippen molar-refractivity contribution in [1.29, 1.82) is 0 Å². The van der Waals surface area contributed by atoms with Gasteiger partial charge >= 0.3 is 103 Å². The van der Waals surface area contributed by atoms with E-state index in [1.807, 2.05) is 0 Å². The maximum atomic E-state index is 5.92. The summed E-state index contributed by atoms with van der Waals surface area (Å²) in [6.07, 6.45) is 0. The molecule has 3 aliphatic heterocycles. The van der Waals surface area contributed by atoms with Crippen LogP contribution in [0.3, 0.4) is 0 Å². The first-order valence-corrected chi connectivity index (χ1v) is 11.8. The summed E-state index contributed by atoms with van der Waals surface area (Å²) in [5.74, 6) is 0. The van der Waals surface area contributed by atoms with Crippen LogP contribution in [0.2, 0.25) is 0 Å². The van der Waals surface area contributed by atoms with Crippen molar-refractivity contribution in [2.45, 2.75) is 12.2 Å². The summed E-state index contributed by atoms with van der Waals surface area (Å²) < 4.78 is 17.8. The van der Waals surface area contributed by atoms with E-state index < -0.39 is 13.1 Å². The molecule has 0 aromatic heterocycles. The van der Waals surface area contributed by atoms with Gasteiger partial charge in [-0.1, -0.05) is 0 Å². The predicted molar refractivity (Wildman–Crippen MR) is 66.2 cm³/mol. The van der Waals surface area contributed by atoms with Crippen LogP contribution in [0.15, 0.2) is 0 Å². The minimum atomic E-state index is -3.05. The van der Waals surface area contributed by atoms with E-state index in [0.717, 1.165) is 39.5 Å². The van der Waals surface area contributed by atoms with E-state index in [1.165, 1.54) is 0 Å². The number of fused-ring (bicyclic) bond motifs is 6. The molecule has 2 N–H and O–H groups in total. The molecule has 0 aromatic rings. The summed E-state index contributed by atoms with van der Waals surface area (Å²) in [5.41, 5.74) is 5.66. The number of hydrogen-bond acceptors (Lipinski definition) is 6. The quantitative estimate of drug-likeness (QED) is 0.734. The van der Waals surface area contributed by atoms with E-state index in [4.69, 9.17) is 17.0 Å². The van der Waals surface area contributed by atoms with E-state index in [1.54, 1.807) is 10.1 Å². The fourth-order valence-electron chi connectivity index (χ4n) is 1.76. The number of hydrogen-bond donors (Lipinski definition) is 1. The third-order valence-electron chi connectivity index (χ3n) is 2.74. The molecule has 0 saturated carbocycles. The van der Waals surface area contributed by atoms with Crippen molar-refractivity contribution in [3.05, 3.63) is 0 Å². The molecular formula is C9H20GeN2O3S. The van der Waals surface area contributed by atoms with Gasteiger partial charge in [0.25, 0.3) is 0 Å². The van der Waals surface area contributed by atoms with Crippen molar-refractivity contribution < 1.29 is 11.3 Å². The van der Waals surface area contributed by atoms with E-state index in [9.17, 15) is 0 Å². The summed E-state index contributed by atoms with van der Waals surface area (Å²) in [6.45, 7) is 7.91. The van der Waals surface area contributed by atoms with E-state index in [0.29, 0.717) is 11.8 Å². The molecular weight excluding hydrogens is 289 g/mol. The van der Waals surface area contributed by atoms with Crippen LogP contribution in [-0.4, -0.2) is 69.3 Å². The standard InChI is InChI=1S/C9H20GeN2O3S/c1-9(8-11)16-10-13-5-2-12(3-6-14-10)4-7-15-10/h9H,2-8,11H2,1H3. The molecule has 7 heteroatoms. The third-order valence-corrected chi connectivity index (χ3v) is 13.3. The van der Waals surface area contributed by atoms with Gasteiger partial charge in [-0.15, -0.1) is 0 Å². The van der Waals surface area contributed by atoms with E-state index in [2.05, 4.69) is 11.8 Å². The Morgan fingerprint density at radius 1 is 1.19 bits per heavy atom. The van der Waals surface area contributed by atoms with Crippen molar-refractivity contribution in [3.8, 4) is 0 Å². The molecule has 3 aliphatic rings. The molecule has 3 saturated heterocycles. The molecule has 1 unspecified atom stereocenters. The Morgan fingerprint density at radius 2 is 1.69 bits per heavy atom. The SMILES string of the molecule is CC(CN)[S][Ge]12[O]CCN(CC[O]1)CC[O]2. The van der Waals surface area contributed by atoms with Crippen LogP contribution in [0, 0.1) is 0 Å². The Hall–Kier alpha value is 0.693. The van der Waals surface area contributed by atoms with Gasteiger partial charge in [0.2, 0.25) is 0 Å². The van der Waals surface area contributed by atoms with Crippen LogP contribution in [0.1, 0.15) is 6.92 Å².